The highest BCUT2D eigenvalue weighted by atomic mass is 32.2. The summed E-state index contributed by atoms with van der Waals surface area (Å²) in [6.07, 6.45) is 0. The van der Waals surface area contributed by atoms with Gasteiger partial charge >= 0.3 is 0 Å². The summed E-state index contributed by atoms with van der Waals surface area (Å²) in [5, 5.41) is 0.768. The van der Waals surface area contributed by atoms with E-state index in [9.17, 15) is 0 Å². The van der Waals surface area contributed by atoms with Crippen LogP contribution in [0.1, 0.15) is 22.7 Å². The van der Waals surface area contributed by atoms with Crippen LogP contribution in [0.4, 0.5) is 11.6 Å². The Labute approximate surface area is 108 Å². The Hall–Kier alpha value is -1.34. The molecule has 0 unspecified atom stereocenters. The van der Waals surface area contributed by atoms with Crippen LogP contribution in [-0.4, -0.2) is 15.0 Å². The maximum atomic E-state index is 5.63. The van der Waals surface area contributed by atoms with E-state index in [1.807, 2.05) is 5.51 Å². The van der Waals surface area contributed by atoms with E-state index >= 15 is 0 Å². The number of anilines is 2. The van der Waals surface area contributed by atoms with Crippen molar-refractivity contribution in [3.63, 3.8) is 0 Å². The van der Waals surface area contributed by atoms with Gasteiger partial charge in [0.2, 0.25) is 0 Å². The van der Waals surface area contributed by atoms with Crippen LogP contribution in [0.2, 0.25) is 0 Å². The van der Waals surface area contributed by atoms with E-state index in [4.69, 9.17) is 11.5 Å². The van der Waals surface area contributed by atoms with Crippen LogP contribution in [0.15, 0.2) is 16.7 Å². The molecule has 0 aromatic carbocycles. The van der Waals surface area contributed by atoms with Crippen LogP contribution < -0.4 is 11.5 Å². The molecule has 4 N–H and O–H groups in total. The molecule has 0 aliphatic rings. The molecule has 7 heteroatoms. The average Bonchev–Trinajstić information content (AvgIpc) is 2.62. The van der Waals surface area contributed by atoms with Crippen molar-refractivity contribution in [2.24, 2.45) is 0 Å². The SMILES string of the molecule is Cc1scnc1[C@H](C)Sc1nc(N)cc(N)n1. The minimum Gasteiger partial charge on any atom is -0.383 e. The highest BCUT2D eigenvalue weighted by Gasteiger charge is 2.14. The van der Waals surface area contributed by atoms with Crippen LogP contribution >= 0.6 is 23.1 Å². The summed E-state index contributed by atoms with van der Waals surface area (Å²) in [7, 11) is 0. The molecule has 0 saturated carbocycles. The Morgan fingerprint density at radius 3 is 2.47 bits per heavy atom. The minimum absolute atomic E-state index is 0.183. The summed E-state index contributed by atoms with van der Waals surface area (Å²) in [6, 6.07) is 1.54. The minimum atomic E-state index is 0.183. The van der Waals surface area contributed by atoms with Gasteiger partial charge in [0.1, 0.15) is 11.6 Å². The average molecular weight is 267 g/mol. The molecule has 2 aromatic rings. The van der Waals surface area contributed by atoms with Gasteiger partial charge in [0.25, 0.3) is 0 Å². The fraction of sp³-hybridized carbons (Fsp3) is 0.300. The molecule has 1 atom stereocenters. The highest BCUT2D eigenvalue weighted by molar-refractivity contribution is 7.99. The second kappa shape index (κ2) is 4.89. The summed E-state index contributed by atoms with van der Waals surface area (Å²) in [5.74, 6) is 0.782. The number of nitrogen functional groups attached to an aromatic ring is 2. The molecule has 90 valence electrons. The maximum absolute atomic E-state index is 5.63. The Morgan fingerprint density at radius 2 is 1.94 bits per heavy atom. The number of aromatic nitrogens is 3. The van der Waals surface area contributed by atoms with Crippen LogP contribution in [0.3, 0.4) is 0 Å². The topological polar surface area (TPSA) is 90.7 Å². The van der Waals surface area contributed by atoms with Gasteiger partial charge in [-0.3, -0.25) is 0 Å². The molecule has 2 heterocycles. The van der Waals surface area contributed by atoms with E-state index in [-0.39, 0.29) is 5.25 Å². The molecule has 0 aliphatic carbocycles. The number of thiazole rings is 1. The lowest BCUT2D eigenvalue weighted by atomic mass is 10.3. The maximum Gasteiger partial charge on any atom is 0.192 e. The molecule has 2 rings (SSSR count). The number of rotatable bonds is 3. The van der Waals surface area contributed by atoms with Gasteiger partial charge in [0, 0.05) is 10.9 Å². The lowest BCUT2D eigenvalue weighted by Crippen LogP contribution is -2.00. The molecule has 17 heavy (non-hydrogen) atoms. The van der Waals surface area contributed by atoms with Crippen LogP contribution in [0, 0.1) is 6.92 Å². The monoisotopic (exact) mass is 267 g/mol. The van der Waals surface area contributed by atoms with E-state index in [0.29, 0.717) is 16.8 Å². The molecule has 5 nitrogen and oxygen atoms in total. The summed E-state index contributed by atoms with van der Waals surface area (Å²) in [4.78, 5) is 13.8. The molecule has 0 bridgehead atoms. The van der Waals surface area contributed by atoms with Crippen molar-refractivity contribution in [2.45, 2.75) is 24.3 Å². The van der Waals surface area contributed by atoms with E-state index in [2.05, 4.69) is 28.8 Å². The largest absolute Gasteiger partial charge is 0.383 e. The van der Waals surface area contributed by atoms with Crippen LogP contribution in [-0.2, 0) is 0 Å². The number of thioether (sulfide) groups is 1. The predicted octanol–water partition coefficient (Wildman–Crippen LogP) is 2.26. The zero-order valence-electron chi connectivity index (χ0n) is 9.54. The van der Waals surface area contributed by atoms with E-state index in [0.717, 1.165) is 5.69 Å². The first-order chi connectivity index (χ1) is 8.06. The molecule has 0 spiro atoms. The number of nitrogens with two attached hydrogens (primary N) is 2. The van der Waals surface area contributed by atoms with Crippen molar-refractivity contribution in [3.05, 3.63) is 22.1 Å². The Bertz CT molecular complexity index is 505. The Morgan fingerprint density at radius 1 is 1.29 bits per heavy atom. The summed E-state index contributed by atoms with van der Waals surface area (Å²) in [6.45, 7) is 4.12. The van der Waals surface area contributed by atoms with Gasteiger partial charge in [-0.15, -0.1) is 11.3 Å². The van der Waals surface area contributed by atoms with Crippen LogP contribution in [0.5, 0.6) is 0 Å². The van der Waals surface area contributed by atoms with Gasteiger partial charge in [-0.1, -0.05) is 11.8 Å². The molecule has 0 radical (unpaired) electrons. The predicted molar refractivity (Wildman–Crippen MR) is 72.0 cm³/mol. The smallest absolute Gasteiger partial charge is 0.192 e. The van der Waals surface area contributed by atoms with Gasteiger partial charge in [-0.25, -0.2) is 15.0 Å². The third kappa shape index (κ3) is 2.86. The number of nitrogens with zero attached hydrogens (tertiary/aromatic N) is 3. The zero-order valence-corrected chi connectivity index (χ0v) is 11.2. The molecule has 0 amide bonds. The summed E-state index contributed by atoms with van der Waals surface area (Å²) >= 11 is 3.14. The van der Waals surface area contributed by atoms with E-state index < -0.39 is 0 Å². The number of aryl methyl sites for hydroxylation is 1. The fourth-order valence-corrected chi connectivity index (χ4v) is 3.16. The normalized spacial score (nSPS) is 12.6. The third-order valence-electron chi connectivity index (χ3n) is 2.19. The number of hydrogen-bond acceptors (Lipinski definition) is 7. The second-order valence-corrected chi connectivity index (χ2v) is 5.92. The second-order valence-electron chi connectivity index (χ2n) is 3.55. The molecule has 2 aromatic heterocycles. The van der Waals surface area contributed by atoms with Gasteiger partial charge in [0.05, 0.1) is 16.5 Å². The first kappa shape index (κ1) is 12.1. The van der Waals surface area contributed by atoms with Gasteiger partial charge in [-0.05, 0) is 13.8 Å². The Kier molecular flexibility index (Phi) is 3.49. The molecule has 0 fully saturated rings. The molecular weight excluding hydrogens is 254 g/mol. The number of hydrogen-bond donors (Lipinski definition) is 2. The van der Waals surface area contributed by atoms with E-state index in [1.165, 1.54) is 16.6 Å². The van der Waals surface area contributed by atoms with Crippen molar-refractivity contribution >= 4 is 34.7 Å². The molecule has 0 saturated heterocycles. The van der Waals surface area contributed by atoms with Crippen molar-refractivity contribution in [1.82, 2.24) is 15.0 Å². The first-order valence-electron chi connectivity index (χ1n) is 5.03. The fourth-order valence-electron chi connectivity index (χ4n) is 1.43. The Balaban J connectivity index is 2.18. The van der Waals surface area contributed by atoms with Crippen molar-refractivity contribution in [2.75, 3.05) is 11.5 Å². The summed E-state index contributed by atoms with van der Waals surface area (Å²) < 4.78 is 0. The standard InChI is InChI=1S/C10H13N5S2/c1-5-9(13-4-16-5)6(2)17-10-14-7(11)3-8(12)15-10/h3-4,6H,1-2H3,(H4,11,12,14,15)/t6-/m0/s1. The quantitative estimate of drug-likeness (QED) is 0.655. The summed E-state index contributed by atoms with van der Waals surface area (Å²) in [5.41, 5.74) is 14.2. The van der Waals surface area contributed by atoms with E-state index in [1.54, 1.807) is 17.4 Å². The third-order valence-corrected chi connectivity index (χ3v) is 3.94. The van der Waals surface area contributed by atoms with Gasteiger partial charge in [-0.2, -0.15) is 0 Å². The van der Waals surface area contributed by atoms with Gasteiger partial charge in [0.15, 0.2) is 5.16 Å². The van der Waals surface area contributed by atoms with Crippen molar-refractivity contribution in [1.29, 1.82) is 0 Å². The zero-order chi connectivity index (χ0) is 12.4. The highest BCUT2D eigenvalue weighted by Crippen LogP contribution is 2.35. The van der Waals surface area contributed by atoms with Gasteiger partial charge < -0.3 is 11.5 Å². The lowest BCUT2D eigenvalue weighted by Gasteiger charge is -2.09. The molecular formula is C10H13N5S2. The lowest BCUT2D eigenvalue weighted by molar-refractivity contribution is 0.952. The van der Waals surface area contributed by atoms with Crippen molar-refractivity contribution < 1.29 is 0 Å². The van der Waals surface area contributed by atoms with Crippen LogP contribution in [0.25, 0.3) is 0 Å². The molecule has 0 aliphatic heterocycles. The first-order valence-corrected chi connectivity index (χ1v) is 6.79. The van der Waals surface area contributed by atoms with Crippen molar-refractivity contribution in [3.8, 4) is 0 Å².